The van der Waals surface area contributed by atoms with Gasteiger partial charge in [-0.25, -0.2) is 0 Å². The molecule has 0 saturated carbocycles. The van der Waals surface area contributed by atoms with E-state index in [0.29, 0.717) is 12.5 Å². The molecule has 0 radical (unpaired) electrons. The predicted molar refractivity (Wildman–Crippen MR) is 67.2 cm³/mol. The van der Waals surface area contributed by atoms with Crippen molar-refractivity contribution in [3.63, 3.8) is 0 Å². The molecule has 3 heterocycles. The zero-order valence-corrected chi connectivity index (χ0v) is 10.3. The third-order valence-corrected chi connectivity index (χ3v) is 3.96. The lowest BCUT2D eigenvalue weighted by Gasteiger charge is -2.23. The molecule has 3 rings (SSSR count). The first kappa shape index (κ1) is 11.0. The van der Waals surface area contributed by atoms with E-state index in [4.69, 9.17) is 5.11 Å². The maximum Gasteiger partial charge on any atom is 0.0644 e. The molecule has 0 amide bonds. The lowest BCUT2D eigenvalue weighted by molar-refractivity contribution is 0.266. The standard InChI is InChI=1S/C12H15N3OS/c16-3-2-15-12-7-13-5-10(11(12)6-14-15)9-1-4-17-8-9/h1,4,6,8,10,13,16H,2-3,5,7H2. The van der Waals surface area contributed by atoms with Gasteiger partial charge in [0.05, 0.1) is 25.0 Å². The third-order valence-electron chi connectivity index (χ3n) is 3.25. The van der Waals surface area contributed by atoms with Gasteiger partial charge in [-0.15, -0.1) is 0 Å². The molecule has 0 saturated heterocycles. The van der Waals surface area contributed by atoms with E-state index >= 15 is 0 Å². The van der Waals surface area contributed by atoms with E-state index in [2.05, 4.69) is 27.2 Å². The zero-order valence-electron chi connectivity index (χ0n) is 9.47. The molecule has 2 aromatic rings. The second kappa shape index (κ2) is 4.60. The highest BCUT2D eigenvalue weighted by atomic mass is 32.1. The fourth-order valence-electron chi connectivity index (χ4n) is 2.41. The second-order valence-electron chi connectivity index (χ2n) is 4.23. The van der Waals surface area contributed by atoms with Gasteiger partial charge in [-0.2, -0.15) is 16.4 Å². The predicted octanol–water partition coefficient (Wildman–Crippen LogP) is 1.17. The topological polar surface area (TPSA) is 50.1 Å². The number of hydrogen-bond donors (Lipinski definition) is 2. The zero-order chi connectivity index (χ0) is 11.7. The highest BCUT2D eigenvalue weighted by Crippen LogP contribution is 2.30. The van der Waals surface area contributed by atoms with Gasteiger partial charge in [0.1, 0.15) is 0 Å². The number of thiophene rings is 1. The number of nitrogens with zero attached hydrogens (tertiary/aromatic N) is 2. The Bertz CT molecular complexity index is 492. The van der Waals surface area contributed by atoms with Crippen molar-refractivity contribution in [2.24, 2.45) is 0 Å². The number of aliphatic hydroxyl groups is 1. The Balaban J connectivity index is 1.97. The highest BCUT2D eigenvalue weighted by molar-refractivity contribution is 7.08. The molecule has 1 aliphatic rings. The maximum absolute atomic E-state index is 9.01. The van der Waals surface area contributed by atoms with E-state index in [0.717, 1.165) is 13.1 Å². The van der Waals surface area contributed by atoms with Gasteiger partial charge in [0.15, 0.2) is 0 Å². The third kappa shape index (κ3) is 1.90. The molecule has 1 atom stereocenters. The van der Waals surface area contributed by atoms with Crippen LogP contribution in [0.1, 0.15) is 22.7 Å². The van der Waals surface area contributed by atoms with Crippen molar-refractivity contribution in [3.05, 3.63) is 39.8 Å². The summed E-state index contributed by atoms with van der Waals surface area (Å²) in [6.45, 7) is 2.52. The molecule has 4 nitrogen and oxygen atoms in total. The van der Waals surface area contributed by atoms with Crippen molar-refractivity contribution in [1.29, 1.82) is 0 Å². The van der Waals surface area contributed by atoms with Crippen molar-refractivity contribution >= 4 is 11.3 Å². The van der Waals surface area contributed by atoms with E-state index in [1.54, 1.807) is 11.3 Å². The summed E-state index contributed by atoms with van der Waals surface area (Å²) in [5.74, 6) is 0.400. The summed E-state index contributed by atoms with van der Waals surface area (Å²) in [6, 6.07) is 2.18. The number of hydrogen-bond acceptors (Lipinski definition) is 4. The first-order valence-corrected chi connectivity index (χ1v) is 6.72. The van der Waals surface area contributed by atoms with Gasteiger partial charge in [-0.3, -0.25) is 4.68 Å². The molecule has 90 valence electrons. The molecule has 1 unspecified atom stereocenters. The monoisotopic (exact) mass is 249 g/mol. The van der Waals surface area contributed by atoms with Gasteiger partial charge in [0.25, 0.3) is 0 Å². The molecule has 0 aliphatic carbocycles. The number of rotatable bonds is 3. The molecule has 0 aromatic carbocycles. The van der Waals surface area contributed by atoms with Crippen LogP contribution in [0.2, 0.25) is 0 Å². The summed E-state index contributed by atoms with van der Waals surface area (Å²) in [5.41, 5.74) is 3.86. The van der Waals surface area contributed by atoms with E-state index in [9.17, 15) is 0 Å². The van der Waals surface area contributed by atoms with Gasteiger partial charge in [-0.05, 0) is 22.4 Å². The first-order chi connectivity index (χ1) is 8.40. The van der Waals surface area contributed by atoms with Gasteiger partial charge in [0.2, 0.25) is 0 Å². The minimum atomic E-state index is 0.136. The number of fused-ring (bicyclic) bond motifs is 1. The van der Waals surface area contributed by atoms with Gasteiger partial charge in [0, 0.05) is 24.6 Å². The molecule has 1 aliphatic heterocycles. The Morgan fingerprint density at radius 2 is 2.53 bits per heavy atom. The molecule has 0 bridgehead atoms. The molecular formula is C12H15N3OS. The van der Waals surface area contributed by atoms with Crippen molar-refractivity contribution in [2.75, 3.05) is 13.2 Å². The lowest BCUT2D eigenvalue weighted by atomic mass is 9.91. The normalized spacial score (nSPS) is 19.2. The average molecular weight is 249 g/mol. The van der Waals surface area contributed by atoms with Crippen LogP contribution in [0.25, 0.3) is 0 Å². The Morgan fingerprint density at radius 1 is 1.59 bits per heavy atom. The molecule has 0 fully saturated rings. The summed E-state index contributed by atoms with van der Waals surface area (Å²) in [6.07, 6.45) is 1.95. The van der Waals surface area contributed by atoms with Crippen LogP contribution in [0, 0.1) is 0 Å². The van der Waals surface area contributed by atoms with Crippen molar-refractivity contribution in [2.45, 2.75) is 19.0 Å². The minimum Gasteiger partial charge on any atom is -0.394 e. The summed E-state index contributed by atoms with van der Waals surface area (Å²) < 4.78 is 1.90. The summed E-state index contributed by atoms with van der Waals surface area (Å²) >= 11 is 1.73. The van der Waals surface area contributed by atoms with E-state index in [-0.39, 0.29) is 6.61 Å². The van der Waals surface area contributed by atoms with Gasteiger partial charge in [-0.1, -0.05) is 0 Å². The first-order valence-electron chi connectivity index (χ1n) is 5.78. The van der Waals surface area contributed by atoms with Gasteiger partial charge < -0.3 is 10.4 Å². The van der Waals surface area contributed by atoms with E-state index in [1.807, 2.05) is 10.9 Å². The highest BCUT2D eigenvalue weighted by Gasteiger charge is 2.25. The van der Waals surface area contributed by atoms with Crippen LogP contribution in [-0.2, 0) is 13.1 Å². The number of aromatic nitrogens is 2. The number of aliphatic hydroxyl groups excluding tert-OH is 1. The number of nitrogens with one attached hydrogen (secondary N) is 1. The SMILES string of the molecule is OCCn1ncc2c1CNCC2c1ccsc1. The quantitative estimate of drug-likeness (QED) is 0.858. The largest absolute Gasteiger partial charge is 0.394 e. The van der Waals surface area contributed by atoms with Crippen LogP contribution in [0.5, 0.6) is 0 Å². The fourth-order valence-corrected chi connectivity index (χ4v) is 3.13. The fraction of sp³-hybridized carbons (Fsp3) is 0.417. The van der Waals surface area contributed by atoms with Crippen LogP contribution in [0.3, 0.4) is 0 Å². The molecule has 5 heteroatoms. The molecule has 0 spiro atoms. The van der Waals surface area contributed by atoms with Crippen LogP contribution in [0.4, 0.5) is 0 Å². The maximum atomic E-state index is 9.01. The van der Waals surface area contributed by atoms with E-state index < -0.39 is 0 Å². The van der Waals surface area contributed by atoms with Crippen molar-refractivity contribution in [3.8, 4) is 0 Å². The van der Waals surface area contributed by atoms with Gasteiger partial charge >= 0.3 is 0 Å². The van der Waals surface area contributed by atoms with Crippen LogP contribution in [0.15, 0.2) is 23.0 Å². The Kier molecular flexibility index (Phi) is 2.96. The second-order valence-corrected chi connectivity index (χ2v) is 5.01. The lowest BCUT2D eigenvalue weighted by Crippen LogP contribution is -2.29. The van der Waals surface area contributed by atoms with E-state index in [1.165, 1.54) is 16.8 Å². The van der Waals surface area contributed by atoms with Crippen LogP contribution >= 0.6 is 11.3 Å². The molecule has 2 aromatic heterocycles. The molecule has 17 heavy (non-hydrogen) atoms. The van der Waals surface area contributed by atoms with Crippen molar-refractivity contribution < 1.29 is 5.11 Å². The Labute approximate surface area is 104 Å². The van der Waals surface area contributed by atoms with Crippen LogP contribution < -0.4 is 5.32 Å². The van der Waals surface area contributed by atoms with Crippen LogP contribution in [-0.4, -0.2) is 28.0 Å². The summed E-state index contributed by atoms with van der Waals surface area (Å²) in [7, 11) is 0. The summed E-state index contributed by atoms with van der Waals surface area (Å²) in [4.78, 5) is 0. The Morgan fingerprint density at radius 3 is 3.29 bits per heavy atom. The van der Waals surface area contributed by atoms with Crippen molar-refractivity contribution in [1.82, 2.24) is 15.1 Å². The molecular weight excluding hydrogens is 234 g/mol. The summed E-state index contributed by atoms with van der Waals surface area (Å²) in [5, 5.41) is 21.1. The minimum absolute atomic E-state index is 0.136. The molecule has 2 N–H and O–H groups in total. The smallest absolute Gasteiger partial charge is 0.0644 e. The Hall–Kier alpha value is -1.17. The average Bonchev–Trinajstić information content (AvgIpc) is 2.98.